The molecule has 30 heavy (non-hydrogen) atoms. The van der Waals surface area contributed by atoms with Crippen molar-refractivity contribution in [1.29, 1.82) is 0 Å². The molecular formula is C21H29BrFN3O3S. The molecule has 1 aliphatic carbocycles. The second-order valence-corrected chi connectivity index (χ2v) is 9.33. The molecule has 0 radical (unpaired) electrons. The fourth-order valence-corrected chi connectivity index (χ4v) is 4.40. The number of hydrogen-bond donors (Lipinski definition) is 4. The molecule has 9 heteroatoms. The molecule has 2 aromatic rings. The van der Waals surface area contributed by atoms with Crippen LogP contribution >= 0.6 is 27.9 Å². The van der Waals surface area contributed by atoms with Gasteiger partial charge in [0.2, 0.25) is 0 Å². The monoisotopic (exact) mass is 501 g/mol. The third-order valence-electron chi connectivity index (χ3n) is 4.80. The van der Waals surface area contributed by atoms with Crippen molar-refractivity contribution in [2.45, 2.75) is 50.9 Å². The van der Waals surface area contributed by atoms with Crippen LogP contribution in [0, 0.1) is 12.7 Å². The van der Waals surface area contributed by atoms with Crippen LogP contribution < -0.4 is 15.6 Å². The molecule has 0 bridgehead atoms. The SMILES string of the molecule is CC.Cc1c(Nc2ccc(Br)cc2F)c(NSC2(CC(O)CO)CC2)cn(C)c1=O. The highest BCUT2D eigenvalue weighted by molar-refractivity contribution is 9.10. The Balaban J connectivity index is 0.00000155. The normalized spacial score (nSPS) is 15.1. The Morgan fingerprint density at radius 2 is 2.00 bits per heavy atom. The number of aliphatic hydroxyl groups is 2. The predicted molar refractivity (Wildman–Crippen MR) is 126 cm³/mol. The van der Waals surface area contributed by atoms with Gasteiger partial charge in [0.05, 0.1) is 29.8 Å². The Hall–Kier alpha value is -1.55. The number of aryl methyl sites for hydroxylation is 1. The summed E-state index contributed by atoms with van der Waals surface area (Å²) in [5, 5.41) is 21.9. The lowest BCUT2D eigenvalue weighted by Gasteiger charge is -2.21. The van der Waals surface area contributed by atoms with Gasteiger partial charge in [0.1, 0.15) is 5.82 Å². The van der Waals surface area contributed by atoms with E-state index in [0.29, 0.717) is 27.8 Å². The van der Waals surface area contributed by atoms with Crippen molar-refractivity contribution in [2.75, 3.05) is 16.6 Å². The van der Waals surface area contributed by atoms with Crippen LogP contribution in [0.25, 0.3) is 0 Å². The first-order valence-corrected chi connectivity index (χ1v) is 11.5. The molecule has 1 unspecified atom stereocenters. The van der Waals surface area contributed by atoms with Crippen LogP contribution in [-0.2, 0) is 7.05 Å². The van der Waals surface area contributed by atoms with Crippen LogP contribution in [0.3, 0.4) is 0 Å². The molecule has 1 fully saturated rings. The third-order valence-corrected chi connectivity index (χ3v) is 6.63. The van der Waals surface area contributed by atoms with Crippen LogP contribution in [0.1, 0.15) is 38.7 Å². The number of nitrogens with one attached hydrogen (secondary N) is 2. The highest BCUT2D eigenvalue weighted by Crippen LogP contribution is 2.52. The summed E-state index contributed by atoms with van der Waals surface area (Å²) in [6.45, 7) is 5.43. The Kier molecular flexibility index (Phi) is 8.78. The average molecular weight is 502 g/mol. The molecule has 1 heterocycles. The van der Waals surface area contributed by atoms with Crippen LogP contribution in [0.2, 0.25) is 0 Å². The van der Waals surface area contributed by atoms with E-state index in [-0.39, 0.29) is 22.6 Å². The van der Waals surface area contributed by atoms with Crippen molar-refractivity contribution in [3.8, 4) is 0 Å². The van der Waals surface area contributed by atoms with Crippen LogP contribution in [0.5, 0.6) is 0 Å². The van der Waals surface area contributed by atoms with Gasteiger partial charge in [-0.25, -0.2) is 4.39 Å². The van der Waals surface area contributed by atoms with Gasteiger partial charge in [-0.2, -0.15) is 0 Å². The van der Waals surface area contributed by atoms with E-state index < -0.39 is 11.9 Å². The van der Waals surface area contributed by atoms with E-state index >= 15 is 0 Å². The van der Waals surface area contributed by atoms with Crippen LogP contribution in [-0.4, -0.2) is 32.2 Å². The topological polar surface area (TPSA) is 86.5 Å². The number of hydrogen-bond acceptors (Lipinski definition) is 6. The molecule has 3 rings (SSSR count). The molecular weight excluding hydrogens is 473 g/mol. The van der Waals surface area contributed by atoms with Gasteiger partial charge in [-0.15, -0.1) is 0 Å². The lowest BCUT2D eigenvalue weighted by molar-refractivity contribution is 0.0865. The maximum Gasteiger partial charge on any atom is 0.255 e. The summed E-state index contributed by atoms with van der Waals surface area (Å²) in [6, 6.07) is 4.68. The number of rotatable bonds is 8. The zero-order valence-corrected chi connectivity index (χ0v) is 20.0. The molecule has 166 valence electrons. The minimum absolute atomic E-state index is 0.148. The molecule has 0 spiro atoms. The van der Waals surface area contributed by atoms with E-state index in [2.05, 4.69) is 26.0 Å². The Labute approximate surface area is 189 Å². The van der Waals surface area contributed by atoms with Crippen molar-refractivity contribution in [3.05, 3.63) is 50.6 Å². The van der Waals surface area contributed by atoms with Crippen molar-refractivity contribution >= 4 is 44.9 Å². The molecule has 0 saturated heterocycles. The highest BCUT2D eigenvalue weighted by Gasteiger charge is 2.45. The molecule has 0 amide bonds. The number of pyridine rings is 1. The Bertz CT molecular complexity index is 934. The number of halogens is 2. The third kappa shape index (κ3) is 6.00. The van der Waals surface area contributed by atoms with Crippen molar-refractivity contribution in [1.82, 2.24) is 4.57 Å². The number of aromatic nitrogens is 1. The Morgan fingerprint density at radius 3 is 2.57 bits per heavy atom. The summed E-state index contributed by atoms with van der Waals surface area (Å²) in [5.74, 6) is -0.433. The van der Waals surface area contributed by atoms with Gasteiger partial charge in [-0.05, 0) is 56.3 Å². The fourth-order valence-electron chi connectivity index (χ4n) is 3.00. The number of benzene rings is 1. The molecule has 1 aliphatic rings. The maximum atomic E-state index is 14.3. The second kappa shape index (κ2) is 10.7. The van der Waals surface area contributed by atoms with E-state index in [4.69, 9.17) is 5.11 Å². The fraction of sp³-hybridized carbons (Fsp3) is 0.476. The lowest BCUT2D eigenvalue weighted by Crippen LogP contribution is -2.23. The number of aliphatic hydroxyl groups excluding tert-OH is 2. The van der Waals surface area contributed by atoms with Gasteiger partial charge in [0.15, 0.2) is 0 Å². The van der Waals surface area contributed by atoms with Gasteiger partial charge >= 0.3 is 0 Å². The molecule has 1 aromatic heterocycles. The average Bonchev–Trinajstić information content (AvgIpc) is 3.49. The summed E-state index contributed by atoms with van der Waals surface area (Å²) in [6.07, 6.45) is 3.25. The number of anilines is 3. The first-order chi connectivity index (χ1) is 14.2. The smallest absolute Gasteiger partial charge is 0.255 e. The quantitative estimate of drug-likeness (QED) is 0.392. The second-order valence-electron chi connectivity index (χ2n) is 7.14. The van der Waals surface area contributed by atoms with Crippen molar-refractivity contribution in [3.63, 3.8) is 0 Å². The summed E-state index contributed by atoms with van der Waals surface area (Å²) in [4.78, 5) is 12.4. The minimum Gasteiger partial charge on any atom is -0.394 e. The summed E-state index contributed by atoms with van der Waals surface area (Å²) < 4.78 is 19.5. The van der Waals surface area contributed by atoms with Crippen molar-refractivity contribution in [2.24, 2.45) is 7.05 Å². The van der Waals surface area contributed by atoms with E-state index in [1.54, 1.807) is 32.3 Å². The largest absolute Gasteiger partial charge is 0.394 e. The van der Waals surface area contributed by atoms with E-state index in [9.17, 15) is 14.3 Å². The molecule has 6 nitrogen and oxygen atoms in total. The van der Waals surface area contributed by atoms with Crippen molar-refractivity contribution < 1.29 is 14.6 Å². The van der Waals surface area contributed by atoms with Gasteiger partial charge in [0, 0.05) is 28.0 Å². The zero-order valence-electron chi connectivity index (χ0n) is 17.6. The maximum absolute atomic E-state index is 14.3. The first-order valence-electron chi connectivity index (χ1n) is 9.90. The summed E-state index contributed by atoms with van der Waals surface area (Å²) in [5.41, 5.74) is 1.72. The zero-order chi connectivity index (χ0) is 22.5. The summed E-state index contributed by atoms with van der Waals surface area (Å²) >= 11 is 4.70. The van der Waals surface area contributed by atoms with Gasteiger partial charge < -0.3 is 24.8 Å². The molecule has 1 saturated carbocycles. The molecule has 1 aromatic carbocycles. The molecule has 4 N–H and O–H groups in total. The van der Waals surface area contributed by atoms with E-state index in [1.807, 2.05) is 13.8 Å². The standard InChI is InChI=1S/C19H23BrFN3O3S.C2H6/c1-11-17(22-15-4-3-12(20)7-14(15)21)16(9-24(2)18(11)27)23-28-19(5-6-19)8-13(26)10-25;1-2/h3-4,7,9,13,22-23,25-26H,5-6,8,10H2,1-2H3;1-2H3. The van der Waals surface area contributed by atoms with E-state index in [1.165, 1.54) is 22.6 Å². The summed E-state index contributed by atoms with van der Waals surface area (Å²) in [7, 11) is 1.66. The van der Waals surface area contributed by atoms with Crippen LogP contribution in [0.4, 0.5) is 21.5 Å². The first kappa shape index (κ1) is 24.7. The van der Waals surface area contributed by atoms with E-state index in [0.717, 1.165) is 12.8 Å². The minimum atomic E-state index is -0.756. The molecule has 1 atom stereocenters. The van der Waals surface area contributed by atoms with Gasteiger partial charge in [-0.1, -0.05) is 29.8 Å². The van der Waals surface area contributed by atoms with Crippen LogP contribution in [0.15, 0.2) is 33.7 Å². The Morgan fingerprint density at radius 1 is 1.33 bits per heavy atom. The number of nitrogens with zero attached hydrogens (tertiary/aromatic N) is 1. The van der Waals surface area contributed by atoms with Gasteiger partial charge in [-0.3, -0.25) is 4.79 Å². The molecule has 0 aliphatic heterocycles. The predicted octanol–water partition coefficient (Wildman–Crippen LogP) is 4.70. The highest BCUT2D eigenvalue weighted by atomic mass is 79.9. The van der Waals surface area contributed by atoms with Gasteiger partial charge in [0.25, 0.3) is 5.56 Å². The lowest BCUT2D eigenvalue weighted by atomic mass is 10.2.